The van der Waals surface area contributed by atoms with Crippen LogP contribution in [-0.2, 0) is 0 Å². The Kier molecular flexibility index (Phi) is 7.55. The number of phenolic OH excluding ortho intramolecular Hbond substituents is 1. The average Bonchev–Trinajstić information content (AvgIpc) is 2.42. The molecule has 2 unspecified atom stereocenters. The zero-order valence-electron chi connectivity index (χ0n) is 13.6. The molecule has 2 atom stereocenters. The molecular weight excluding hydrogens is 282 g/mol. The van der Waals surface area contributed by atoms with E-state index in [0.717, 1.165) is 12.3 Å². The summed E-state index contributed by atoms with van der Waals surface area (Å²) in [7, 11) is 0. The first kappa shape index (κ1) is 18.3. The van der Waals surface area contributed by atoms with Crippen molar-refractivity contribution in [3.8, 4) is 5.75 Å². The maximum absolute atomic E-state index is 9.68. The molecule has 1 aromatic carbocycles. The number of hydrogen-bond donors (Lipinski definition) is 1. The standard InChI is InChI=1S/C18H29NO.ClH/c1-4-18(16-6-5-7-17(20)12-16)15(3)13-19-10-8-14(2)9-11-19;/h5-7,12,14-15,18,20H,4,8-11,13H2,1-3H3;1H. The van der Waals surface area contributed by atoms with Gasteiger partial charge >= 0.3 is 0 Å². The number of halogens is 1. The zero-order valence-corrected chi connectivity index (χ0v) is 14.4. The fourth-order valence-corrected chi connectivity index (χ4v) is 3.50. The van der Waals surface area contributed by atoms with Gasteiger partial charge in [0, 0.05) is 6.54 Å². The summed E-state index contributed by atoms with van der Waals surface area (Å²) in [5, 5.41) is 9.68. The van der Waals surface area contributed by atoms with Gasteiger partial charge < -0.3 is 10.0 Å². The highest BCUT2D eigenvalue weighted by atomic mass is 35.5. The third-order valence-corrected chi connectivity index (χ3v) is 4.85. The Morgan fingerprint density at radius 3 is 2.52 bits per heavy atom. The van der Waals surface area contributed by atoms with Crippen molar-refractivity contribution < 1.29 is 5.11 Å². The van der Waals surface area contributed by atoms with Gasteiger partial charge in [0.2, 0.25) is 0 Å². The molecule has 0 radical (unpaired) electrons. The monoisotopic (exact) mass is 311 g/mol. The molecule has 1 heterocycles. The largest absolute Gasteiger partial charge is 0.508 e. The average molecular weight is 312 g/mol. The van der Waals surface area contributed by atoms with E-state index in [0.29, 0.717) is 17.6 Å². The van der Waals surface area contributed by atoms with Gasteiger partial charge in [-0.15, -0.1) is 12.4 Å². The van der Waals surface area contributed by atoms with Gasteiger partial charge in [-0.25, -0.2) is 0 Å². The van der Waals surface area contributed by atoms with E-state index in [2.05, 4.69) is 31.7 Å². The minimum Gasteiger partial charge on any atom is -0.508 e. The zero-order chi connectivity index (χ0) is 14.5. The molecule has 1 aromatic rings. The summed E-state index contributed by atoms with van der Waals surface area (Å²) < 4.78 is 0. The highest BCUT2D eigenvalue weighted by molar-refractivity contribution is 5.85. The molecule has 3 heteroatoms. The van der Waals surface area contributed by atoms with E-state index in [1.165, 1.54) is 38.0 Å². The summed E-state index contributed by atoms with van der Waals surface area (Å²) in [5.41, 5.74) is 1.28. The molecule has 2 rings (SSSR count). The number of likely N-dealkylation sites (tertiary alicyclic amines) is 1. The Morgan fingerprint density at radius 2 is 1.95 bits per heavy atom. The van der Waals surface area contributed by atoms with Crippen molar-refractivity contribution in [2.24, 2.45) is 11.8 Å². The van der Waals surface area contributed by atoms with E-state index in [1.54, 1.807) is 6.07 Å². The number of aromatic hydroxyl groups is 1. The van der Waals surface area contributed by atoms with Crippen LogP contribution < -0.4 is 0 Å². The lowest BCUT2D eigenvalue weighted by Gasteiger charge is -2.34. The number of piperidine rings is 1. The van der Waals surface area contributed by atoms with Crippen LogP contribution in [0.1, 0.15) is 51.5 Å². The molecule has 1 N–H and O–H groups in total. The van der Waals surface area contributed by atoms with Crippen LogP contribution in [0.5, 0.6) is 5.75 Å². The van der Waals surface area contributed by atoms with Crippen molar-refractivity contribution in [2.75, 3.05) is 19.6 Å². The molecule has 1 saturated heterocycles. The second-order valence-corrected chi connectivity index (χ2v) is 6.57. The number of phenols is 1. The van der Waals surface area contributed by atoms with Crippen molar-refractivity contribution in [2.45, 2.75) is 46.0 Å². The number of nitrogens with zero attached hydrogens (tertiary/aromatic N) is 1. The molecule has 0 spiro atoms. The van der Waals surface area contributed by atoms with Gasteiger partial charge in [-0.3, -0.25) is 0 Å². The van der Waals surface area contributed by atoms with Crippen LogP contribution in [0.4, 0.5) is 0 Å². The molecule has 1 aliphatic heterocycles. The predicted molar refractivity (Wildman–Crippen MR) is 92.4 cm³/mol. The second kappa shape index (κ2) is 8.65. The summed E-state index contributed by atoms with van der Waals surface area (Å²) >= 11 is 0. The van der Waals surface area contributed by atoms with Crippen LogP contribution in [0.2, 0.25) is 0 Å². The Balaban J connectivity index is 0.00000220. The van der Waals surface area contributed by atoms with Crippen LogP contribution in [0, 0.1) is 11.8 Å². The quantitative estimate of drug-likeness (QED) is 0.853. The summed E-state index contributed by atoms with van der Waals surface area (Å²) in [6, 6.07) is 7.81. The fourth-order valence-electron chi connectivity index (χ4n) is 3.50. The highest BCUT2D eigenvalue weighted by Crippen LogP contribution is 2.31. The molecular formula is C18H30ClNO. The molecule has 0 saturated carbocycles. The molecule has 0 bridgehead atoms. The highest BCUT2D eigenvalue weighted by Gasteiger charge is 2.23. The summed E-state index contributed by atoms with van der Waals surface area (Å²) in [6.07, 6.45) is 3.82. The minimum absolute atomic E-state index is 0. The van der Waals surface area contributed by atoms with Crippen LogP contribution in [0.15, 0.2) is 24.3 Å². The van der Waals surface area contributed by atoms with Crippen LogP contribution in [0.3, 0.4) is 0 Å². The van der Waals surface area contributed by atoms with Gasteiger partial charge in [0.25, 0.3) is 0 Å². The molecule has 1 fully saturated rings. The molecule has 1 aliphatic rings. The maximum Gasteiger partial charge on any atom is 0.115 e. The van der Waals surface area contributed by atoms with Crippen molar-refractivity contribution in [1.29, 1.82) is 0 Å². The third kappa shape index (κ3) is 5.19. The van der Waals surface area contributed by atoms with Crippen molar-refractivity contribution >= 4 is 12.4 Å². The number of hydrogen-bond acceptors (Lipinski definition) is 2. The Hall–Kier alpha value is -0.730. The number of benzene rings is 1. The van der Waals surface area contributed by atoms with Gasteiger partial charge in [0.05, 0.1) is 0 Å². The Morgan fingerprint density at radius 1 is 1.29 bits per heavy atom. The van der Waals surface area contributed by atoms with Crippen molar-refractivity contribution in [1.82, 2.24) is 4.90 Å². The minimum atomic E-state index is 0. The lowest BCUT2D eigenvalue weighted by molar-refractivity contribution is 0.161. The maximum atomic E-state index is 9.68. The van der Waals surface area contributed by atoms with E-state index in [9.17, 15) is 5.11 Å². The number of rotatable bonds is 5. The van der Waals surface area contributed by atoms with Crippen molar-refractivity contribution in [3.63, 3.8) is 0 Å². The van der Waals surface area contributed by atoms with Gasteiger partial charge in [0.15, 0.2) is 0 Å². The summed E-state index contributed by atoms with van der Waals surface area (Å²) in [4.78, 5) is 2.62. The first-order valence-electron chi connectivity index (χ1n) is 8.11. The van der Waals surface area contributed by atoms with Crippen LogP contribution in [0.25, 0.3) is 0 Å². The first-order chi connectivity index (χ1) is 9.60. The SMILES string of the molecule is CCC(c1cccc(O)c1)C(C)CN1CCC(C)CC1.Cl. The van der Waals surface area contributed by atoms with E-state index < -0.39 is 0 Å². The Labute approximate surface area is 136 Å². The topological polar surface area (TPSA) is 23.5 Å². The van der Waals surface area contributed by atoms with Gasteiger partial charge in [-0.2, -0.15) is 0 Å². The fraction of sp³-hybridized carbons (Fsp3) is 0.667. The van der Waals surface area contributed by atoms with E-state index in [4.69, 9.17) is 0 Å². The molecule has 120 valence electrons. The summed E-state index contributed by atoms with van der Waals surface area (Å²) in [6.45, 7) is 10.7. The summed E-state index contributed by atoms with van der Waals surface area (Å²) in [5.74, 6) is 2.46. The Bertz CT molecular complexity index is 415. The van der Waals surface area contributed by atoms with Gasteiger partial charge in [0.1, 0.15) is 5.75 Å². The molecule has 0 aliphatic carbocycles. The van der Waals surface area contributed by atoms with E-state index >= 15 is 0 Å². The van der Waals surface area contributed by atoms with Gasteiger partial charge in [-0.1, -0.05) is 32.9 Å². The predicted octanol–water partition coefficient (Wildman–Crippen LogP) is 4.68. The van der Waals surface area contributed by atoms with Crippen LogP contribution >= 0.6 is 12.4 Å². The molecule has 0 amide bonds. The second-order valence-electron chi connectivity index (χ2n) is 6.57. The van der Waals surface area contributed by atoms with Crippen molar-refractivity contribution in [3.05, 3.63) is 29.8 Å². The van der Waals surface area contributed by atoms with E-state index in [-0.39, 0.29) is 12.4 Å². The lowest BCUT2D eigenvalue weighted by Crippen LogP contribution is -2.37. The molecule has 2 nitrogen and oxygen atoms in total. The normalized spacial score (nSPS) is 19.8. The third-order valence-electron chi connectivity index (χ3n) is 4.85. The molecule has 0 aromatic heterocycles. The lowest BCUT2D eigenvalue weighted by atomic mass is 9.84. The molecule has 21 heavy (non-hydrogen) atoms. The smallest absolute Gasteiger partial charge is 0.115 e. The first-order valence-corrected chi connectivity index (χ1v) is 8.11. The van der Waals surface area contributed by atoms with Gasteiger partial charge in [-0.05, 0) is 67.8 Å². The van der Waals surface area contributed by atoms with Crippen LogP contribution in [-0.4, -0.2) is 29.6 Å². The van der Waals surface area contributed by atoms with E-state index in [1.807, 2.05) is 12.1 Å².